The summed E-state index contributed by atoms with van der Waals surface area (Å²) in [4.78, 5) is 16.4. The Labute approximate surface area is 176 Å². The number of aromatic nitrogens is 4. The van der Waals surface area contributed by atoms with Crippen LogP contribution in [-0.4, -0.2) is 45.2 Å². The fourth-order valence-electron chi connectivity index (χ4n) is 3.11. The van der Waals surface area contributed by atoms with E-state index in [0.29, 0.717) is 33.7 Å². The summed E-state index contributed by atoms with van der Waals surface area (Å²) in [5, 5.41) is 17.7. The highest BCUT2D eigenvalue weighted by atomic mass is 35.5. The largest absolute Gasteiger partial charge is 0.464 e. The highest BCUT2D eigenvalue weighted by Crippen LogP contribution is 2.31. The van der Waals surface area contributed by atoms with E-state index >= 15 is 0 Å². The van der Waals surface area contributed by atoms with Crippen LogP contribution in [0.3, 0.4) is 0 Å². The third kappa shape index (κ3) is 3.62. The van der Waals surface area contributed by atoms with Crippen LogP contribution in [0.1, 0.15) is 0 Å². The smallest absolute Gasteiger partial charge is 0.416 e. The van der Waals surface area contributed by atoms with E-state index in [1.54, 1.807) is 42.5 Å². The number of halogens is 1. The topological polar surface area (TPSA) is 119 Å². The van der Waals surface area contributed by atoms with Gasteiger partial charge in [-0.25, -0.2) is 22.8 Å². The number of nitrogens with zero attached hydrogens (tertiary/aromatic N) is 4. The van der Waals surface area contributed by atoms with E-state index in [0.717, 1.165) is 10.8 Å². The van der Waals surface area contributed by atoms with Gasteiger partial charge in [-0.3, -0.25) is 4.68 Å². The summed E-state index contributed by atoms with van der Waals surface area (Å²) >= 11 is 6.21. The molecule has 4 rings (SSSR count). The molecule has 0 saturated carbocycles. The minimum atomic E-state index is -3.38. The average molecular weight is 446 g/mol. The van der Waals surface area contributed by atoms with Gasteiger partial charge in [-0.15, -0.1) is 0 Å². The number of hydrogen-bond donors (Lipinski definition) is 2. The summed E-state index contributed by atoms with van der Waals surface area (Å²) in [5.74, 6) is 0.356. The number of carbonyl (C=O) groups is 1. The maximum atomic E-state index is 11.9. The molecule has 154 valence electrons. The Morgan fingerprint density at radius 3 is 2.57 bits per heavy atom. The van der Waals surface area contributed by atoms with Crippen molar-refractivity contribution in [1.82, 2.24) is 19.3 Å². The van der Waals surface area contributed by atoms with Crippen LogP contribution in [0.15, 0.2) is 53.8 Å². The number of benzene rings is 1. The molecule has 0 atom stereocenters. The van der Waals surface area contributed by atoms with Crippen molar-refractivity contribution in [2.24, 2.45) is 7.05 Å². The van der Waals surface area contributed by atoms with Crippen molar-refractivity contribution in [2.75, 3.05) is 11.6 Å². The summed E-state index contributed by atoms with van der Waals surface area (Å²) < 4.78 is 26.1. The van der Waals surface area contributed by atoms with Crippen molar-refractivity contribution >= 4 is 49.9 Å². The van der Waals surface area contributed by atoms with E-state index < -0.39 is 15.9 Å². The highest BCUT2D eigenvalue weighted by Gasteiger charge is 2.18. The lowest BCUT2D eigenvalue weighted by Gasteiger charge is -2.10. The Kier molecular flexibility index (Phi) is 4.75. The first-order chi connectivity index (χ1) is 14.1. The molecule has 3 aromatic heterocycles. The van der Waals surface area contributed by atoms with Crippen LogP contribution in [-0.2, 0) is 16.9 Å². The first kappa shape index (κ1) is 19.9. The molecule has 0 unspecified atom stereocenters. The molecule has 1 aromatic carbocycles. The molecule has 3 heterocycles. The van der Waals surface area contributed by atoms with Crippen molar-refractivity contribution in [3.63, 3.8) is 0 Å². The van der Waals surface area contributed by atoms with E-state index in [2.05, 4.69) is 15.4 Å². The molecule has 0 aliphatic rings. The molecule has 30 heavy (non-hydrogen) atoms. The van der Waals surface area contributed by atoms with Gasteiger partial charge in [-0.2, -0.15) is 5.10 Å². The normalized spacial score (nSPS) is 11.7. The van der Waals surface area contributed by atoms with Crippen molar-refractivity contribution in [3.05, 3.63) is 53.9 Å². The van der Waals surface area contributed by atoms with Gasteiger partial charge in [0.05, 0.1) is 33.0 Å². The molecule has 0 saturated heterocycles. The Hall–Kier alpha value is -3.37. The van der Waals surface area contributed by atoms with E-state index in [4.69, 9.17) is 11.6 Å². The number of fused-ring (bicyclic) bond motifs is 1. The van der Waals surface area contributed by atoms with E-state index in [-0.39, 0.29) is 9.92 Å². The van der Waals surface area contributed by atoms with Gasteiger partial charge in [0, 0.05) is 42.7 Å². The number of aryl methyl sites for hydroxylation is 1. The fourth-order valence-corrected chi connectivity index (χ4v) is 4.05. The van der Waals surface area contributed by atoms with E-state index in [9.17, 15) is 18.3 Å². The number of pyridine rings is 1. The molecule has 0 aliphatic heterocycles. The summed E-state index contributed by atoms with van der Waals surface area (Å²) in [7, 11) is -1.63. The van der Waals surface area contributed by atoms with Crippen LogP contribution < -0.4 is 5.32 Å². The van der Waals surface area contributed by atoms with Crippen LogP contribution in [0.4, 0.5) is 16.3 Å². The predicted octanol–water partition coefficient (Wildman–Crippen LogP) is 3.76. The molecule has 11 heteroatoms. The summed E-state index contributed by atoms with van der Waals surface area (Å²) in [6.07, 6.45) is 4.82. The summed E-state index contributed by atoms with van der Waals surface area (Å²) in [6, 6.07) is 7.62. The zero-order valence-electron chi connectivity index (χ0n) is 15.9. The lowest BCUT2D eigenvalue weighted by Crippen LogP contribution is -2.09. The average Bonchev–Trinajstić information content (AvgIpc) is 3.25. The van der Waals surface area contributed by atoms with Crippen molar-refractivity contribution in [3.8, 4) is 11.3 Å². The van der Waals surface area contributed by atoms with Crippen molar-refractivity contribution in [1.29, 1.82) is 0 Å². The molecule has 2 N–H and O–H groups in total. The Morgan fingerprint density at radius 1 is 1.20 bits per heavy atom. The first-order valence-electron chi connectivity index (χ1n) is 8.64. The van der Waals surface area contributed by atoms with Gasteiger partial charge >= 0.3 is 6.09 Å². The fraction of sp³-hybridized carbons (Fsp3) is 0.105. The molecular weight excluding hydrogens is 430 g/mol. The van der Waals surface area contributed by atoms with Crippen LogP contribution >= 0.6 is 11.6 Å². The van der Waals surface area contributed by atoms with Gasteiger partial charge < -0.3 is 10.4 Å². The molecule has 0 aliphatic carbocycles. The summed E-state index contributed by atoms with van der Waals surface area (Å²) in [6.45, 7) is 0. The molecular formula is C19H16ClN5O4S. The number of nitrogens with one attached hydrogen (secondary N) is 1. The van der Waals surface area contributed by atoms with Gasteiger partial charge in [-0.05, 0) is 24.3 Å². The van der Waals surface area contributed by atoms with Crippen LogP contribution in [0.25, 0.3) is 22.2 Å². The number of anilines is 2. The van der Waals surface area contributed by atoms with Crippen LogP contribution in [0, 0.1) is 0 Å². The summed E-state index contributed by atoms with van der Waals surface area (Å²) in [5.41, 5.74) is 2.00. The van der Waals surface area contributed by atoms with Gasteiger partial charge in [-0.1, -0.05) is 11.6 Å². The minimum Gasteiger partial charge on any atom is -0.464 e. The lowest BCUT2D eigenvalue weighted by atomic mass is 10.2. The molecule has 0 bridgehead atoms. The van der Waals surface area contributed by atoms with E-state index in [1.165, 1.54) is 18.2 Å². The second kappa shape index (κ2) is 7.15. The Bertz CT molecular complexity index is 1410. The zero-order chi connectivity index (χ0) is 21.6. The minimum absolute atomic E-state index is 0.0994. The second-order valence-electron chi connectivity index (χ2n) is 6.72. The standard InChI is InChI=1S/C19H16ClN5O4S/c1-24-10-12(9-22-24)16-5-11-8-21-18(7-17(11)25(16)19(26)27)23-15-4-3-13(6-14(15)20)30(2,28)29/h3-10H,1-2H3,(H,21,23)(H,26,27). The third-order valence-electron chi connectivity index (χ3n) is 4.51. The first-order valence-corrected chi connectivity index (χ1v) is 10.9. The van der Waals surface area contributed by atoms with Crippen LogP contribution in [0.2, 0.25) is 5.02 Å². The molecule has 0 spiro atoms. The second-order valence-corrected chi connectivity index (χ2v) is 9.14. The quantitative estimate of drug-likeness (QED) is 0.490. The highest BCUT2D eigenvalue weighted by molar-refractivity contribution is 7.90. The van der Waals surface area contributed by atoms with Crippen molar-refractivity contribution < 1.29 is 18.3 Å². The lowest BCUT2D eigenvalue weighted by molar-refractivity contribution is 0.198. The Morgan fingerprint density at radius 2 is 1.97 bits per heavy atom. The SMILES string of the molecule is Cn1cc(-c2cc3cnc(Nc4ccc(S(C)(=O)=O)cc4Cl)cc3n2C(=O)O)cn1. The third-order valence-corrected chi connectivity index (χ3v) is 5.93. The number of rotatable bonds is 4. The van der Waals surface area contributed by atoms with Gasteiger partial charge in [0.1, 0.15) is 5.82 Å². The monoisotopic (exact) mass is 445 g/mol. The number of sulfone groups is 1. The van der Waals surface area contributed by atoms with Gasteiger partial charge in [0.2, 0.25) is 0 Å². The van der Waals surface area contributed by atoms with Gasteiger partial charge in [0.25, 0.3) is 0 Å². The van der Waals surface area contributed by atoms with Crippen molar-refractivity contribution in [2.45, 2.75) is 4.90 Å². The zero-order valence-corrected chi connectivity index (χ0v) is 17.4. The molecule has 0 radical (unpaired) electrons. The molecule has 0 amide bonds. The Balaban J connectivity index is 1.77. The molecule has 0 fully saturated rings. The maximum Gasteiger partial charge on any atom is 0.416 e. The predicted molar refractivity (Wildman–Crippen MR) is 113 cm³/mol. The number of carboxylic acid groups (broad SMARTS) is 1. The van der Waals surface area contributed by atoms with Crippen LogP contribution in [0.5, 0.6) is 0 Å². The van der Waals surface area contributed by atoms with Gasteiger partial charge in [0.15, 0.2) is 9.84 Å². The maximum absolute atomic E-state index is 11.9. The van der Waals surface area contributed by atoms with E-state index in [1.807, 2.05) is 0 Å². The molecule has 9 nitrogen and oxygen atoms in total. The number of hydrogen-bond acceptors (Lipinski definition) is 6. The molecule has 4 aromatic rings.